The zero-order valence-corrected chi connectivity index (χ0v) is 15.0. The van der Waals surface area contributed by atoms with Crippen LogP contribution in [0.5, 0.6) is 0 Å². The van der Waals surface area contributed by atoms with Crippen LogP contribution < -0.4 is 10.6 Å². The van der Waals surface area contributed by atoms with E-state index in [-0.39, 0.29) is 17.5 Å². The molecule has 2 aliphatic rings. The molecular weight excluding hydrogens is 310 g/mol. The number of carbonyl (C=O) groups excluding carboxylic acids is 1. The number of unbranched alkanes of at least 4 members (excludes halogenated alkanes) is 1. The minimum absolute atomic E-state index is 0.0429. The maximum Gasteiger partial charge on any atom is 0.315 e. The normalized spacial score (nSPS) is 28.0. The van der Waals surface area contributed by atoms with Gasteiger partial charge in [0.15, 0.2) is 0 Å². The Balaban J connectivity index is 1.32. The molecule has 1 saturated carbocycles. The fourth-order valence-corrected chi connectivity index (χ4v) is 4.75. The second-order valence-corrected chi connectivity index (χ2v) is 8.23. The van der Waals surface area contributed by atoms with E-state index in [0.29, 0.717) is 18.6 Å². The molecule has 3 rings (SSSR count). The predicted octanol–water partition coefficient (Wildman–Crippen LogP) is 2.89. The monoisotopic (exact) mass is 337 g/mol. The highest BCUT2D eigenvalue weighted by atomic mass is 32.1. The van der Waals surface area contributed by atoms with Crippen LogP contribution in [-0.2, 0) is 11.2 Å². The summed E-state index contributed by atoms with van der Waals surface area (Å²) in [6.07, 6.45) is 4.41. The van der Waals surface area contributed by atoms with Crippen LogP contribution in [0.1, 0.15) is 43.8 Å². The van der Waals surface area contributed by atoms with Crippen molar-refractivity contribution in [3.63, 3.8) is 0 Å². The average molecular weight is 337 g/mol. The molecule has 2 heterocycles. The van der Waals surface area contributed by atoms with Gasteiger partial charge in [-0.1, -0.05) is 13.8 Å². The predicted molar refractivity (Wildman–Crippen MR) is 91.7 cm³/mol. The lowest BCUT2D eigenvalue weighted by Gasteiger charge is -2.54. The standard InChI is InChI=1S/C17H27N3O2S/c1-11-10-23-13(19-11)6-4-5-8-18-16(21)20-14-12-7-9-22-15(12)17(14,2)3/h10,12,14-15H,4-9H2,1-3H3,(H2,18,20,21)/t12-,14+,15+/m0/s1. The number of rotatable bonds is 6. The van der Waals surface area contributed by atoms with Gasteiger partial charge in [-0.25, -0.2) is 9.78 Å². The van der Waals surface area contributed by atoms with E-state index in [1.807, 2.05) is 6.92 Å². The highest BCUT2D eigenvalue weighted by Gasteiger charge is 2.59. The Morgan fingerprint density at radius 2 is 2.30 bits per heavy atom. The second kappa shape index (κ2) is 6.77. The van der Waals surface area contributed by atoms with Crippen molar-refractivity contribution in [1.82, 2.24) is 15.6 Å². The van der Waals surface area contributed by atoms with Gasteiger partial charge >= 0.3 is 6.03 Å². The lowest BCUT2D eigenvalue weighted by atomic mass is 9.57. The summed E-state index contributed by atoms with van der Waals surface area (Å²) in [6, 6.07) is 0.187. The van der Waals surface area contributed by atoms with Crippen molar-refractivity contribution in [2.24, 2.45) is 11.3 Å². The third-order valence-corrected chi connectivity index (χ3v) is 6.18. The highest BCUT2D eigenvalue weighted by Crippen LogP contribution is 2.51. The van der Waals surface area contributed by atoms with Crippen LogP contribution in [0.15, 0.2) is 5.38 Å². The molecule has 5 nitrogen and oxygen atoms in total. The number of hydrogen-bond acceptors (Lipinski definition) is 4. The average Bonchev–Trinajstić information content (AvgIpc) is 3.12. The quantitative estimate of drug-likeness (QED) is 0.785. The molecule has 0 radical (unpaired) electrons. The van der Waals surface area contributed by atoms with E-state index in [2.05, 4.69) is 34.8 Å². The minimum atomic E-state index is -0.0430. The van der Waals surface area contributed by atoms with Crippen molar-refractivity contribution < 1.29 is 9.53 Å². The van der Waals surface area contributed by atoms with Crippen LogP contribution >= 0.6 is 11.3 Å². The van der Waals surface area contributed by atoms with Gasteiger partial charge in [0.25, 0.3) is 0 Å². The molecule has 128 valence electrons. The second-order valence-electron chi connectivity index (χ2n) is 7.28. The smallest absolute Gasteiger partial charge is 0.315 e. The van der Waals surface area contributed by atoms with Crippen LogP contribution in [0.2, 0.25) is 0 Å². The van der Waals surface area contributed by atoms with Crippen molar-refractivity contribution in [2.75, 3.05) is 13.2 Å². The summed E-state index contributed by atoms with van der Waals surface area (Å²) in [7, 11) is 0. The summed E-state index contributed by atoms with van der Waals surface area (Å²) >= 11 is 1.72. The van der Waals surface area contributed by atoms with Gasteiger partial charge in [-0.15, -0.1) is 11.3 Å². The van der Waals surface area contributed by atoms with E-state index < -0.39 is 0 Å². The Morgan fingerprint density at radius 3 is 3.04 bits per heavy atom. The summed E-state index contributed by atoms with van der Waals surface area (Å²) in [5.74, 6) is 0.490. The van der Waals surface area contributed by atoms with E-state index >= 15 is 0 Å². The number of amides is 2. The van der Waals surface area contributed by atoms with Crippen LogP contribution in [0.4, 0.5) is 4.79 Å². The number of ether oxygens (including phenoxy) is 1. The van der Waals surface area contributed by atoms with Crippen molar-refractivity contribution in [3.05, 3.63) is 16.1 Å². The van der Waals surface area contributed by atoms with Gasteiger partial charge in [-0.05, 0) is 32.6 Å². The third kappa shape index (κ3) is 3.53. The Kier molecular flexibility index (Phi) is 4.92. The molecule has 3 atom stereocenters. The molecule has 2 amide bonds. The summed E-state index contributed by atoms with van der Waals surface area (Å²) < 4.78 is 5.76. The van der Waals surface area contributed by atoms with Crippen LogP contribution in [-0.4, -0.2) is 36.3 Å². The van der Waals surface area contributed by atoms with Crippen molar-refractivity contribution in [2.45, 2.75) is 58.6 Å². The van der Waals surface area contributed by atoms with Gasteiger partial charge in [0, 0.05) is 41.6 Å². The lowest BCUT2D eigenvalue weighted by molar-refractivity contribution is -0.108. The molecule has 1 aromatic heterocycles. The number of urea groups is 1. The number of aryl methyl sites for hydroxylation is 2. The largest absolute Gasteiger partial charge is 0.377 e. The zero-order chi connectivity index (χ0) is 16.4. The van der Waals surface area contributed by atoms with E-state index in [0.717, 1.165) is 38.0 Å². The highest BCUT2D eigenvalue weighted by molar-refractivity contribution is 7.09. The van der Waals surface area contributed by atoms with Gasteiger partial charge in [-0.2, -0.15) is 0 Å². The van der Waals surface area contributed by atoms with Gasteiger partial charge in [0.05, 0.1) is 11.1 Å². The first-order valence-electron chi connectivity index (χ1n) is 8.55. The molecule has 0 unspecified atom stereocenters. The van der Waals surface area contributed by atoms with E-state index in [1.54, 1.807) is 11.3 Å². The van der Waals surface area contributed by atoms with Gasteiger partial charge < -0.3 is 15.4 Å². The Morgan fingerprint density at radius 1 is 1.48 bits per heavy atom. The number of fused-ring (bicyclic) bond motifs is 1. The maximum absolute atomic E-state index is 12.1. The molecule has 0 aromatic carbocycles. The molecule has 2 fully saturated rings. The Bertz CT molecular complexity index is 558. The first kappa shape index (κ1) is 16.7. The van der Waals surface area contributed by atoms with Gasteiger partial charge in [0.2, 0.25) is 0 Å². The molecule has 6 heteroatoms. The van der Waals surface area contributed by atoms with Crippen molar-refractivity contribution in [1.29, 1.82) is 0 Å². The Labute approximate surface area is 142 Å². The number of hydrogen-bond donors (Lipinski definition) is 2. The molecule has 23 heavy (non-hydrogen) atoms. The van der Waals surface area contributed by atoms with Crippen LogP contribution in [0, 0.1) is 18.3 Å². The molecule has 1 saturated heterocycles. The van der Waals surface area contributed by atoms with E-state index in [9.17, 15) is 4.79 Å². The SMILES string of the molecule is Cc1csc(CCCCNC(=O)N[C@@H]2[C@@H]3CCO[C@H]3C2(C)C)n1. The minimum Gasteiger partial charge on any atom is -0.377 e. The van der Waals surface area contributed by atoms with Crippen molar-refractivity contribution >= 4 is 17.4 Å². The number of aromatic nitrogens is 1. The third-order valence-electron chi connectivity index (χ3n) is 5.16. The summed E-state index contributed by atoms with van der Waals surface area (Å²) in [6.45, 7) is 7.93. The molecule has 0 bridgehead atoms. The molecule has 0 spiro atoms. The number of nitrogens with zero attached hydrogens (tertiary/aromatic N) is 1. The molecule has 1 aliphatic carbocycles. The summed E-state index contributed by atoms with van der Waals surface area (Å²) in [5.41, 5.74) is 1.14. The fourth-order valence-electron chi connectivity index (χ4n) is 3.93. The first-order valence-corrected chi connectivity index (χ1v) is 9.43. The Hall–Kier alpha value is -1.14. The summed E-state index contributed by atoms with van der Waals surface area (Å²) in [5, 5.41) is 9.41. The number of carbonyl (C=O) groups is 1. The molecule has 1 aromatic rings. The van der Waals surface area contributed by atoms with Crippen LogP contribution in [0.3, 0.4) is 0 Å². The maximum atomic E-state index is 12.1. The summed E-state index contributed by atoms with van der Waals surface area (Å²) in [4.78, 5) is 16.5. The van der Waals surface area contributed by atoms with Crippen molar-refractivity contribution in [3.8, 4) is 0 Å². The zero-order valence-electron chi connectivity index (χ0n) is 14.2. The number of nitrogens with one attached hydrogen (secondary N) is 2. The molecular formula is C17H27N3O2S. The molecule has 2 N–H and O–H groups in total. The fraction of sp³-hybridized carbons (Fsp3) is 0.765. The van der Waals surface area contributed by atoms with Crippen LogP contribution in [0.25, 0.3) is 0 Å². The van der Waals surface area contributed by atoms with E-state index in [1.165, 1.54) is 5.01 Å². The van der Waals surface area contributed by atoms with Gasteiger partial charge in [0.1, 0.15) is 0 Å². The molecule has 1 aliphatic heterocycles. The van der Waals surface area contributed by atoms with Gasteiger partial charge in [-0.3, -0.25) is 0 Å². The topological polar surface area (TPSA) is 63.2 Å². The first-order chi connectivity index (χ1) is 11.0. The van der Waals surface area contributed by atoms with E-state index in [4.69, 9.17) is 4.74 Å². The lowest BCUT2D eigenvalue weighted by Crippen LogP contribution is -2.67. The number of thiazole rings is 1.